The number of aromatic nitrogens is 1. The molecular formula is C15H11BrCl2N2S2. The van der Waals surface area contributed by atoms with Crippen molar-refractivity contribution in [3.8, 4) is 0 Å². The Labute approximate surface area is 156 Å². The van der Waals surface area contributed by atoms with Crippen LogP contribution in [0.5, 0.6) is 0 Å². The second-order valence-electron chi connectivity index (χ2n) is 4.61. The van der Waals surface area contributed by atoms with Gasteiger partial charge in [0.15, 0.2) is 0 Å². The van der Waals surface area contributed by atoms with Gasteiger partial charge in [0.2, 0.25) is 0 Å². The standard InChI is InChI=1S/C15H11BrCl2N2S2/c1-9-7-21-8-20(9)14-5-13(10(16)6-19-14)22-15-11(17)3-2-4-12(15)18/h2-7H,8H2,1H3. The van der Waals surface area contributed by atoms with E-state index in [2.05, 4.69) is 44.2 Å². The van der Waals surface area contributed by atoms with Crippen LogP contribution in [0, 0.1) is 0 Å². The Morgan fingerprint density at radius 3 is 2.68 bits per heavy atom. The average molecular weight is 434 g/mol. The van der Waals surface area contributed by atoms with Gasteiger partial charge < -0.3 is 4.90 Å². The zero-order chi connectivity index (χ0) is 15.7. The number of pyridine rings is 1. The molecular weight excluding hydrogens is 423 g/mol. The van der Waals surface area contributed by atoms with Crippen LogP contribution in [0.25, 0.3) is 0 Å². The summed E-state index contributed by atoms with van der Waals surface area (Å²) in [5.41, 5.74) is 1.20. The summed E-state index contributed by atoms with van der Waals surface area (Å²) >= 11 is 19.4. The normalized spacial score (nSPS) is 14.4. The molecule has 0 atom stereocenters. The zero-order valence-electron chi connectivity index (χ0n) is 11.5. The molecule has 0 amide bonds. The summed E-state index contributed by atoms with van der Waals surface area (Å²) < 4.78 is 0.922. The predicted molar refractivity (Wildman–Crippen MR) is 101 cm³/mol. The number of thioether (sulfide) groups is 1. The van der Waals surface area contributed by atoms with Crippen LogP contribution >= 0.6 is 62.7 Å². The summed E-state index contributed by atoms with van der Waals surface area (Å²) in [7, 11) is 0. The minimum atomic E-state index is 0.649. The van der Waals surface area contributed by atoms with E-state index in [9.17, 15) is 0 Å². The number of benzene rings is 1. The Kier molecular flexibility index (Phi) is 5.30. The molecule has 1 aliphatic heterocycles. The van der Waals surface area contributed by atoms with Crippen molar-refractivity contribution >= 4 is 68.5 Å². The van der Waals surface area contributed by atoms with Crippen LogP contribution in [0.2, 0.25) is 10.0 Å². The first-order chi connectivity index (χ1) is 10.6. The molecule has 0 aliphatic carbocycles. The molecule has 0 bridgehead atoms. The first-order valence-corrected chi connectivity index (χ1v) is 9.81. The van der Waals surface area contributed by atoms with Gasteiger partial charge in [-0.25, -0.2) is 4.98 Å². The Hall–Kier alpha value is -0.330. The molecule has 2 heterocycles. The van der Waals surface area contributed by atoms with E-state index in [1.165, 1.54) is 17.5 Å². The molecule has 114 valence electrons. The molecule has 0 unspecified atom stereocenters. The van der Waals surface area contributed by atoms with Crippen LogP contribution in [0.3, 0.4) is 0 Å². The van der Waals surface area contributed by atoms with Gasteiger partial charge in [0, 0.05) is 26.2 Å². The van der Waals surface area contributed by atoms with E-state index in [-0.39, 0.29) is 0 Å². The Bertz CT molecular complexity index is 732. The van der Waals surface area contributed by atoms with E-state index in [1.54, 1.807) is 11.8 Å². The highest BCUT2D eigenvalue weighted by Crippen LogP contribution is 2.42. The smallest absolute Gasteiger partial charge is 0.134 e. The minimum Gasteiger partial charge on any atom is -0.320 e. The van der Waals surface area contributed by atoms with Crippen molar-refractivity contribution in [3.63, 3.8) is 0 Å². The fraction of sp³-hybridized carbons (Fsp3) is 0.133. The van der Waals surface area contributed by atoms with Gasteiger partial charge in [-0.1, -0.05) is 41.0 Å². The molecule has 0 fully saturated rings. The quantitative estimate of drug-likeness (QED) is 0.536. The highest BCUT2D eigenvalue weighted by molar-refractivity contribution is 9.10. The number of allylic oxidation sites excluding steroid dienone is 1. The first kappa shape index (κ1) is 16.5. The van der Waals surface area contributed by atoms with E-state index < -0.39 is 0 Å². The monoisotopic (exact) mass is 432 g/mol. The number of rotatable bonds is 3. The lowest BCUT2D eigenvalue weighted by Gasteiger charge is -2.19. The molecule has 2 aromatic rings. The van der Waals surface area contributed by atoms with Crippen molar-refractivity contribution in [2.75, 3.05) is 10.8 Å². The Balaban J connectivity index is 1.95. The fourth-order valence-corrected chi connectivity index (χ4v) is 4.85. The van der Waals surface area contributed by atoms with Crippen molar-refractivity contribution in [2.24, 2.45) is 0 Å². The highest BCUT2D eigenvalue weighted by Gasteiger charge is 2.17. The number of halogens is 3. The summed E-state index contributed by atoms with van der Waals surface area (Å²) in [6.07, 6.45) is 1.82. The van der Waals surface area contributed by atoms with Crippen LogP contribution in [0.15, 0.2) is 55.8 Å². The molecule has 7 heteroatoms. The summed E-state index contributed by atoms with van der Waals surface area (Å²) in [5.74, 6) is 1.81. The van der Waals surface area contributed by atoms with Gasteiger partial charge >= 0.3 is 0 Å². The maximum atomic E-state index is 6.26. The topological polar surface area (TPSA) is 16.1 Å². The van der Waals surface area contributed by atoms with Crippen LogP contribution in [0.1, 0.15) is 6.92 Å². The lowest BCUT2D eigenvalue weighted by molar-refractivity contribution is 1.02. The number of hydrogen-bond donors (Lipinski definition) is 0. The van der Waals surface area contributed by atoms with E-state index in [4.69, 9.17) is 23.2 Å². The molecule has 0 spiro atoms. The van der Waals surface area contributed by atoms with Crippen LogP contribution in [-0.2, 0) is 0 Å². The third-order valence-corrected chi connectivity index (χ3v) is 6.96. The van der Waals surface area contributed by atoms with E-state index in [0.29, 0.717) is 10.0 Å². The van der Waals surface area contributed by atoms with Crippen molar-refractivity contribution in [1.29, 1.82) is 0 Å². The van der Waals surface area contributed by atoms with Crippen molar-refractivity contribution in [2.45, 2.75) is 16.7 Å². The lowest BCUT2D eigenvalue weighted by Crippen LogP contribution is -2.17. The third-order valence-electron chi connectivity index (χ3n) is 3.10. The second kappa shape index (κ2) is 7.05. The van der Waals surface area contributed by atoms with Gasteiger partial charge in [0.25, 0.3) is 0 Å². The van der Waals surface area contributed by atoms with Crippen LogP contribution < -0.4 is 4.90 Å². The summed E-state index contributed by atoms with van der Waals surface area (Å²) in [6, 6.07) is 7.58. The molecule has 3 rings (SSSR count). The number of nitrogens with zero attached hydrogens (tertiary/aromatic N) is 2. The van der Waals surface area contributed by atoms with Gasteiger partial charge in [0.05, 0.1) is 15.9 Å². The van der Waals surface area contributed by atoms with Crippen LogP contribution in [0.4, 0.5) is 5.82 Å². The highest BCUT2D eigenvalue weighted by atomic mass is 79.9. The molecule has 1 aromatic heterocycles. The van der Waals surface area contributed by atoms with Crippen molar-refractivity contribution in [3.05, 3.63) is 56.1 Å². The maximum absolute atomic E-state index is 6.26. The zero-order valence-corrected chi connectivity index (χ0v) is 16.2. The molecule has 1 aliphatic rings. The molecule has 2 nitrogen and oxygen atoms in total. The van der Waals surface area contributed by atoms with E-state index in [0.717, 1.165) is 26.0 Å². The first-order valence-electron chi connectivity index (χ1n) is 6.39. The van der Waals surface area contributed by atoms with Crippen molar-refractivity contribution < 1.29 is 0 Å². The molecule has 0 N–H and O–H groups in total. The largest absolute Gasteiger partial charge is 0.320 e. The fourth-order valence-electron chi connectivity index (χ4n) is 1.97. The summed E-state index contributed by atoms with van der Waals surface area (Å²) in [6.45, 7) is 2.08. The Morgan fingerprint density at radius 1 is 1.32 bits per heavy atom. The summed E-state index contributed by atoms with van der Waals surface area (Å²) in [5, 5.41) is 3.44. The average Bonchev–Trinajstić information content (AvgIpc) is 2.91. The van der Waals surface area contributed by atoms with Crippen LogP contribution in [-0.4, -0.2) is 10.9 Å². The van der Waals surface area contributed by atoms with Gasteiger partial charge in [-0.05, 0) is 46.5 Å². The Morgan fingerprint density at radius 2 is 2.05 bits per heavy atom. The third kappa shape index (κ3) is 3.44. The van der Waals surface area contributed by atoms with Gasteiger partial charge in [-0.3, -0.25) is 0 Å². The molecule has 0 saturated heterocycles. The van der Waals surface area contributed by atoms with Gasteiger partial charge in [0.1, 0.15) is 5.82 Å². The number of hydrogen-bond acceptors (Lipinski definition) is 4. The van der Waals surface area contributed by atoms with Gasteiger partial charge in [-0.2, -0.15) is 0 Å². The molecule has 0 radical (unpaired) electrons. The second-order valence-corrected chi connectivity index (χ2v) is 8.16. The van der Waals surface area contributed by atoms with E-state index in [1.807, 2.05) is 24.4 Å². The molecule has 22 heavy (non-hydrogen) atoms. The van der Waals surface area contributed by atoms with E-state index >= 15 is 0 Å². The predicted octanol–water partition coefficient (Wildman–Crippen LogP) is 6.67. The van der Waals surface area contributed by atoms with Gasteiger partial charge in [-0.15, -0.1) is 11.8 Å². The van der Waals surface area contributed by atoms with Crippen molar-refractivity contribution in [1.82, 2.24) is 4.98 Å². The molecule has 1 aromatic carbocycles. The molecule has 0 saturated carbocycles. The summed E-state index contributed by atoms with van der Waals surface area (Å²) in [4.78, 5) is 8.56. The minimum absolute atomic E-state index is 0.649. The number of anilines is 1. The SMILES string of the molecule is CC1=CSCN1c1cc(Sc2c(Cl)cccc2Cl)c(Br)cn1. The maximum Gasteiger partial charge on any atom is 0.134 e. The lowest BCUT2D eigenvalue weighted by atomic mass is 10.4.